The quantitative estimate of drug-likeness (QED) is 0.178. The highest BCUT2D eigenvalue weighted by Gasteiger charge is 2.23. The second-order valence-electron chi connectivity index (χ2n) is 6.82. The van der Waals surface area contributed by atoms with Crippen LogP contribution in [0.1, 0.15) is 31.2 Å². The van der Waals surface area contributed by atoms with Gasteiger partial charge in [-0.3, -0.25) is 5.10 Å². The van der Waals surface area contributed by atoms with Gasteiger partial charge in [-0.15, -0.1) is 0 Å². The summed E-state index contributed by atoms with van der Waals surface area (Å²) < 4.78 is 52.6. The molecule has 3 aromatic rings. The van der Waals surface area contributed by atoms with Crippen LogP contribution in [0.15, 0.2) is 42.5 Å². The molecule has 32 heavy (non-hydrogen) atoms. The number of rotatable bonds is 9. The molecule has 3 N–H and O–H groups in total. The molecule has 6 nitrogen and oxygen atoms in total. The molecule has 170 valence electrons. The molecule has 1 unspecified atom stereocenters. The van der Waals surface area contributed by atoms with Crippen molar-refractivity contribution in [3.05, 3.63) is 71.2 Å². The maximum atomic E-state index is 14.0. The lowest BCUT2D eigenvalue weighted by Crippen LogP contribution is -2.30. The topological polar surface area (TPSA) is 71.2 Å². The summed E-state index contributed by atoms with van der Waals surface area (Å²) in [6.45, 7) is 4.59. The fraction of sp³-hybridized carbons (Fsp3) is 0.273. The first kappa shape index (κ1) is 23.7. The lowest BCUT2D eigenvalue weighted by atomic mass is 10.0. The number of hydrogen-bond donors (Lipinski definition) is 3. The van der Waals surface area contributed by atoms with Crippen LogP contribution < -0.4 is 10.6 Å². The summed E-state index contributed by atoms with van der Waals surface area (Å²) in [6, 6.07) is 11.3. The number of ether oxygens (including phenoxy) is 2. The highest BCUT2D eigenvalue weighted by molar-refractivity contribution is 7.80. The summed E-state index contributed by atoms with van der Waals surface area (Å²) in [4.78, 5) is 0. The summed E-state index contributed by atoms with van der Waals surface area (Å²) in [7, 11) is 0. The maximum Gasteiger partial charge on any atom is 0.194 e. The Morgan fingerprint density at radius 2 is 1.84 bits per heavy atom. The van der Waals surface area contributed by atoms with Gasteiger partial charge in [-0.2, -0.15) is 5.10 Å². The molecule has 0 saturated heterocycles. The van der Waals surface area contributed by atoms with Gasteiger partial charge in [0.1, 0.15) is 6.73 Å². The van der Waals surface area contributed by atoms with E-state index in [0.717, 1.165) is 17.7 Å². The number of nitrogens with zero attached hydrogens (tertiary/aromatic N) is 1. The van der Waals surface area contributed by atoms with Crippen LogP contribution in [0, 0.1) is 17.5 Å². The van der Waals surface area contributed by atoms with Crippen molar-refractivity contribution in [3.8, 4) is 11.1 Å². The second kappa shape index (κ2) is 11.1. The molecule has 2 aromatic carbocycles. The first-order chi connectivity index (χ1) is 15.4. The standard InChI is InChI=1S/C22H23F3N4O2S/c1-3-30-12-26-22(32)27-21-18(15-9-16(23)19(25)17(24)10-15)20(28-29-21)13(2)31-11-14-7-5-4-6-8-14/h4-10,13H,3,11-12H2,1-2H3,(H3,26,27,28,29,32). The van der Waals surface area contributed by atoms with Crippen LogP contribution in [-0.2, 0) is 16.1 Å². The summed E-state index contributed by atoms with van der Waals surface area (Å²) in [5.74, 6) is -3.97. The van der Waals surface area contributed by atoms with Crippen LogP contribution in [0.3, 0.4) is 0 Å². The zero-order valence-corrected chi connectivity index (χ0v) is 18.4. The molecule has 1 heterocycles. The normalized spacial score (nSPS) is 11.9. The SMILES string of the molecule is CCOCNC(=S)Nc1n[nH]c(C(C)OCc2ccccc2)c1-c1cc(F)c(F)c(F)c1. The Labute approximate surface area is 189 Å². The molecule has 0 fully saturated rings. The summed E-state index contributed by atoms with van der Waals surface area (Å²) in [5.41, 5.74) is 1.79. The number of halogens is 3. The largest absolute Gasteiger partial charge is 0.368 e. The Kier molecular flexibility index (Phi) is 8.20. The molecule has 0 aliphatic carbocycles. The summed E-state index contributed by atoms with van der Waals surface area (Å²) >= 11 is 5.23. The number of aromatic nitrogens is 2. The van der Waals surface area contributed by atoms with Gasteiger partial charge in [-0.05, 0) is 49.3 Å². The van der Waals surface area contributed by atoms with Gasteiger partial charge in [0.15, 0.2) is 28.4 Å². The molecule has 1 aromatic heterocycles. The molecule has 3 rings (SSSR count). The molecule has 0 aliphatic rings. The van der Waals surface area contributed by atoms with Gasteiger partial charge in [0.2, 0.25) is 0 Å². The Balaban J connectivity index is 1.91. The minimum Gasteiger partial charge on any atom is -0.368 e. The number of benzene rings is 2. The smallest absolute Gasteiger partial charge is 0.194 e. The molecule has 0 amide bonds. The summed E-state index contributed by atoms with van der Waals surface area (Å²) in [6.07, 6.45) is -0.533. The van der Waals surface area contributed by atoms with Crippen molar-refractivity contribution in [2.45, 2.75) is 26.6 Å². The van der Waals surface area contributed by atoms with E-state index < -0.39 is 23.6 Å². The number of H-pyrrole nitrogens is 1. The van der Waals surface area contributed by atoms with Gasteiger partial charge in [-0.1, -0.05) is 30.3 Å². The number of thiocarbonyl (C=S) groups is 1. The van der Waals surface area contributed by atoms with Gasteiger partial charge in [0.25, 0.3) is 0 Å². The van der Waals surface area contributed by atoms with Crippen LogP contribution in [-0.4, -0.2) is 28.6 Å². The number of anilines is 1. The van der Waals surface area contributed by atoms with Crippen molar-refractivity contribution in [1.82, 2.24) is 15.5 Å². The van der Waals surface area contributed by atoms with Crippen LogP contribution in [0.25, 0.3) is 11.1 Å². The third-order valence-corrected chi connectivity index (χ3v) is 4.83. The fourth-order valence-corrected chi connectivity index (χ4v) is 3.14. The van der Waals surface area contributed by atoms with Crippen molar-refractivity contribution in [2.75, 3.05) is 18.7 Å². The predicted octanol–water partition coefficient (Wildman–Crippen LogP) is 5.05. The van der Waals surface area contributed by atoms with Crippen LogP contribution in [0.2, 0.25) is 0 Å². The molecule has 1 atom stereocenters. The highest BCUT2D eigenvalue weighted by atomic mass is 32.1. The van der Waals surface area contributed by atoms with E-state index in [2.05, 4.69) is 20.8 Å². The van der Waals surface area contributed by atoms with Crippen molar-refractivity contribution in [3.63, 3.8) is 0 Å². The van der Waals surface area contributed by atoms with E-state index in [0.29, 0.717) is 24.5 Å². The Hall–Kier alpha value is -2.95. The van der Waals surface area contributed by atoms with Crippen molar-refractivity contribution in [2.24, 2.45) is 0 Å². The molecule has 0 spiro atoms. The predicted molar refractivity (Wildman–Crippen MR) is 119 cm³/mol. The van der Waals surface area contributed by atoms with Gasteiger partial charge < -0.3 is 20.1 Å². The second-order valence-corrected chi connectivity index (χ2v) is 7.23. The van der Waals surface area contributed by atoms with Crippen molar-refractivity contribution in [1.29, 1.82) is 0 Å². The molecule has 0 radical (unpaired) electrons. The highest BCUT2D eigenvalue weighted by Crippen LogP contribution is 2.36. The van der Waals surface area contributed by atoms with E-state index in [1.54, 1.807) is 6.92 Å². The van der Waals surface area contributed by atoms with Gasteiger partial charge >= 0.3 is 0 Å². The molecular weight excluding hydrogens is 441 g/mol. The molecule has 10 heteroatoms. The van der Waals surface area contributed by atoms with E-state index in [4.69, 9.17) is 21.7 Å². The lowest BCUT2D eigenvalue weighted by Gasteiger charge is -2.15. The van der Waals surface area contributed by atoms with E-state index in [9.17, 15) is 13.2 Å². The number of nitrogens with one attached hydrogen (secondary N) is 3. The number of aromatic amines is 1. The van der Waals surface area contributed by atoms with E-state index >= 15 is 0 Å². The first-order valence-corrected chi connectivity index (χ1v) is 10.3. The zero-order valence-electron chi connectivity index (χ0n) is 17.5. The van der Waals surface area contributed by atoms with Crippen molar-refractivity contribution < 1.29 is 22.6 Å². The Bertz CT molecular complexity index is 1040. The third-order valence-electron chi connectivity index (χ3n) is 4.59. The van der Waals surface area contributed by atoms with E-state index in [1.165, 1.54) is 0 Å². The molecule has 0 aliphatic heterocycles. The maximum absolute atomic E-state index is 14.0. The van der Waals surface area contributed by atoms with Crippen LogP contribution in [0.4, 0.5) is 19.0 Å². The van der Waals surface area contributed by atoms with Crippen molar-refractivity contribution >= 4 is 23.1 Å². The van der Waals surface area contributed by atoms with Crippen LogP contribution in [0.5, 0.6) is 0 Å². The first-order valence-electron chi connectivity index (χ1n) is 9.92. The Morgan fingerprint density at radius 1 is 1.16 bits per heavy atom. The minimum absolute atomic E-state index is 0.0791. The average molecular weight is 465 g/mol. The van der Waals surface area contributed by atoms with Gasteiger partial charge in [-0.25, -0.2) is 13.2 Å². The minimum atomic E-state index is -1.55. The third kappa shape index (κ3) is 5.84. The van der Waals surface area contributed by atoms with Gasteiger partial charge in [0.05, 0.1) is 24.0 Å². The molecule has 0 bridgehead atoms. The monoisotopic (exact) mass is 464 g/mol. The summed E-state index contributed by atoms with van der Waals surface area (Å²) in [5, 5.41) is 12.9. The number of hydrogen-bond acceptors (Lipinski definition) is 4. The fourth-order valence-electron chi connectivity index (χ4n) is 2.98. The Morgan fingerprint density at radius 3 is 2.50 bits per heavy atom. The van der Waals surface area contributed by atoms with Gasteiger partial charge in [0, 0.05) is 6.61 Å². The van der Waals surface area contributed by atoms with Crippen LogP contribution >= 0.6 is 12.2 Å². The molecule has 0 saturated carbocycles. The van der Waals surface area contributed by atoms with E-state index in [-0.39, 0.29) is 23.2 Å². The van der Waals surface area contributed by atoms with E-state index in [1.807, 2.05) is 37.3 Å². The average Bonchev–Trinajstić information content (AvgIpc) is 3.19. The lowest BCUT2D eigenvalue weighted by molar-refractivity contribution is 0.0501. The zero-order chi connectivity index (χ0) is 23.1. The molecular formula is C22H23F3N4O2S.